The van der Waals surface area contributed by atoms with Gasteiger partial charge in [0.05, 0.1) is 15.9 Å². The van der Waals surface area contributed by atoms with Gasteiger partial charge in [-0.1, -0.05) is 6.92 Å². The number of hydrogen-bond donors (Lipinski definition) is 1. The quantitative estimate of drug-likeness (QED) is 0.923. The van der Waals surface area contributed by atoms with Crippen molar-refractivity contribution < 1.29 is 0 Å². The van der Waals surface area contributed by atoms with E-state index >= 15 is 0 Å². The molecule has 0 bridgehead atoms. The molecule has 2 rings (SSSR count). The highest BCUT2D eigenvalue weighted by Crippen LogP contribution is 2.31. The Morgan fingerprint density at radius 1 is 1.53 bits per heavy atom. The van der Waals surface area contributed by atoms with E-state index in [0.29, 0.717) is 5.41 Å². The maximum absolute atomic E-state index is 5.83. The Kier molecular flexibility index (Phi) is 3.61. The Morgan fingerprint density at radius 2 is 2.24 bits per heavy atom. The molecule has 0 spiro atoms. The molecule has 0 saturated carbocycles. The molecule has 1 saturated heterocycles. The van der Waals surface area contributed by atoms with Gasteiger partial charge in [0, 0.05) is 20.1 Å². The van der Waals surface area contributed by atoms with Gasteiger partial charge in [-0.2, -0.15) is 5.10 Å². The molecule has 2 N–H and O–H groups in total. The van der Waals surface area contributed by atoms with Crippen LogP contribution in [0.3, 0.4) is 0 Å². The maximum atomic E-state index is 5.83. The summed E-state index contributed by atoms with van der Waals surface area (Å²) in [5.74, 6) is 0. The summed E-state index contributed by atoms with van der Waals surface area (Å²) in [6, 6.07) is 0. The van der Waals surface area contributed by atoms with Gasteiger partial charge in [0.25, 0.3) is 0 Å². The summed E-state index contributed by atoms with van der Waals surface area (Å²) in [6.45, 7) is 8.24. The minimum absolute atomic E-state index is 0.292. The number of aryl methyl sites for hydroxylation is 2. The molecular weight excluding hydrogens is 280 g/mol. The summed E-state index contributed by atoms with van der Waals surface area (Å²) >= 11 is 3.62. The van der Waals surface area contributed by atoms with E-state index in [1.807, 2.05) is 18.7 Å². The Bertz CT molecular complexity index is 415. The minimum atomic E-state index is 0.292. The van der Waals surface area contributed by atoms with Gasteiger partial charge in [0.1, 0.15) is 0 Å². The van der Waals surface area contributed by atoms with Crippen molar-refractivity contribution in [3.63, 3.8) is 0 Å². The number of halogens is 1. The van der Waals surface area contributed by atoms with Gasteiger partial charge < -0.3 is 5.73 Å². The zero-order chi connectivity index (χ0) is 12.6. The van der Waals surface area contributed by atoms with Gasteiger partial charge in [-0.25, -0.2) is 0 Å². The molecule has 1 unspecified atom stereocenters. The van der Waals surface area contributed by atoms with Crippen molar-refractivity contribution in [1.82, 2.24) is 14.7 Å². The van der Waals surface area contributed by atoms with Gasteiger partial charge in [-0.15, -0.1) is 0 Å². The molecule has 0 amide bonds. The van der Waals surface area contributed by atoms with Crippen LogP contribution in [0.1, 0.15) is 24.7 Å². The second kappa shape index (κ2) is 4.71. The molecule has 1 aromatic rings. The topological polar surface area (TPSA) is 47.1 Å². The SMILES string of the molecule is Cc1nn(C)c(CN2CCC(C)(CN)C2)c1Br. The molecule has 2 heterocycles. The average Bonchev–Trinajstić information content (AvgIpc) is 2.77. The first kappa shape index (κ1) is 13.1. The Balaban J connectivity index is 2.08. The van der Waals surface area contributed by atoms with Crippen LogP contribution in [0.15, 0.2) is 4.47 Å². The van der Waals surface area contributed by atoms with Crippen LogP contribution in [0.5, 0.6) is 0 Å². The number of nitrogens with two attached hydrogens (primary N) is 1. The van der Waals surface area contributed by atoms with Crippen molar-refractivity contribution in [2.24, 2.45) is 18.2 Å². The van der Waals surface area contributed by atoms with Crippen molar-refractivity contribution in [2.75, 3.05) is 19.6 Å². The molecule has 1 aromatic heterocycles. The molecule has 0 aliphatic carbocycles. The van der Waals surface area contributed by atoms with E-state index in [9.17, 15) is 0 Å². The first-order valence-electron chi connectivity index (χ1n) is 6.05. The van der Waals surface area contributed by atoms with Gasteiger partial charge in [-0.05, 0) is 47.8 Å². The second-order valence-electron chi connectivity index (χ2n) is 5.45. The summed E-state index contributed by atoms with van der Waals surface area (Å²) in [7, 11) is 2.01. The molecule has 1 atom stereocenters. The summed E-state index contributed by atoms with van der Waals surface area (Å²) in [4.78, 5) is 2.47. The zero-order valence-corrected chi connectivity index (χ0v) is 12.4. The van der Waals surface area contributed by atoms with E-state index in [2.05, 4.69) is 32.9 Å². The van der Waals surface area contributed by atoms with Gasteiger partial charge >= 0.3 is 0 Å². The first-order chi connectivity index (χ1) is 7.95. The lowest BCUT2D eigenvalue weighted by Gasteiger charge is -2.22. The highest BCUT2D eigenvalue weighted by atomic mass is 79.9. The lowest BCUT2D eigenvalue weighted by Crippen LogP contribution is -2.31. The van der Waals surface area contributed by atoms with Crippen LogP contribution < -0.4 is 5.73 Å². The molecule has 1 fully saturated rings. The number of nitrogens with zero attached hydrogens (tertiary/aromatic N) is 3. The van der Waals surface area contributed by atoms with E-state index in [1.165, 1.54) is 12.1 Å². The summed E-state index contributed by atoms with van der Waals surface area (Å²) in [6.07, 6.45) is 1.19. The predicted molar refractivity (Wildman–Crippen MR) is 72.7 cm³/mol. The lowest BCUT2D eigenvalue weighted by molar-refractivity contribution is 0.268. The molecule has 17 heavy (non-hydrogen) atoms. The largest absolute Gasteiger partial charge is 0.330 e. The number of hydrogen-bond acceptors (Lipinski definition) is 3. The third-order valence-electron chi connectivity index (χ3n) is 3.76. The fraction of sp³-hybridized carbons (Fsp3) is 0.750. The fourth-order valence-corrected chi connectivity index (χ4v) is 2.95. The van der Waals surface area contributed by atoms with Gasteiger partial charge in [0.15, 0.2) is 0 Å². The molecule has 4 nitrogen and oxygen atoms in total. The number of rotatable bonds is 3. The molecule has 96 valence electrons. The van der Waals surface area contributed by atoms with Crippen molar-refractivity contribution >= 4 is 15.9 Å². The first-order valence-corrected chi connectivity index (χ1v) is 6.85. The van der Waals surface area contributed by atoms with E-state index < -0.39 is 0 Å². The molecule has 1 aliphatic heterocycles. The van der Waals surface area contributed by atoms with E-state index in [-0.39, 0.29) is 0 Å². The maximum Gasteiger partial charge on any atom is 0.0739 e. The Hall–Kier alpha value is -0.390. The molecule has 1 aliphatic rings. The van der Waals surface area contributed by atoms with Crippen LogP contribution in [0.2, 0.25) is 0 Å². The Morgan fingerprint density at radius 3 is 2.71 bits per heavy atom. The average molecular weight is 301 g/mol. The molecule has 5 heteroatoms. The highest BCUT2D eigenvalue weighted by Gasteiger charge is 2.33. The number of likely N-dealkylation sites (tertiary alicyclic amines) is 1. The summed E-state index contributed by atoms with van der Waals surface area (Å²) in [5.41, 5.74) is 8.44. The van der Waals surface area contributed by atoms with Crippen molar-refractivity contribution in [3.05, 3.63) is 15.9 Å². The summed E-state index contributed by atoms with van der Waals surface area (Å²) < 4.78 is 3.11. The fourth-order valence-electron chi connectivity index (χ4n) is 2.49. The van der Waals surface area contributed by atoms with Crippen LogP contribution in [0.4, 0.5) is 0 Å². The third-order valence-corrected chi connectivity index (χ3v) is 4.80. The molecular formula is C12H21BrN4. The monoisotopic (exact) mass is 300 g/mol. The van der Waals surface area contributed by atoms with E-state index in [0.717, 1.165) is 36.3 Å². The predicted octanol–water partition coefficient (Wildman–Crippen LogP) is 1.66. The van der Waals surface area contributed by atoms with Crippen molar-refractivity contribution in [3.8, 4) is 0 Å². The Labute approximate surface area is 111 Å². The third kappa shape index (κ3) is 2.56. The van der Waals surface area contributed by atoms with Crippen LogP contribution in [-0.4, -0.2) is 34.3 Å². The van der Waals surface area contributed by atoms with Crippen LogP contribution in [0, 0.1) is 12.3 Å². The lowest BCUT2D eigenvalue weighted by atomic mass is 9.90. The van der Waals surface area contributed by atoms with Crippen molar-refractivity contribution in [1.29, 1.82) is 0 Å². The van der Waals surface area contributed by atoms with E-state index in [1.54, 1.807) is 0 Å². The smallest absolute Gasteiger partial charge is 0.0739 e. The normalized spacial score (nSPS) is 25.7. The van der Waals surface area contributed by atoms with Crippen molar-refractivity contribution in [2.45, 2.75) is 26.8 Å². The zero-order valence-electron chi connectivity index (χ0n) is 10.8. The van der Waals surface area contributed by atoms with Crippen LogP contribution in [0.25, 0.3) is 0 Å². The molecule has 0 radical (unpaired) electrons. The van der Waals surface area contributed by atoms with Gasteiger partial charge in [0.2, 0.25) is 0 Å². The number of aromatic nitrogens is 2. The summed E-state index contributed by atoms with van der Waals surface area (Å²) in [5, 5.41) is 4.43. The minimum Gasteiger partial charge on any atom is -0.330 e. The second-order valence-corrected chi connectivity index (χ2v) is 6.24. The molecule has 0 aromatic carbocycles. The van der Waals surface area contributed by atoms with Gasteiger partial charge in [-0.3, -0.25) is 9.58 Å². The standard InChI is InChI=1S/C12H21BrN4/c1-9-11(13)10(16(3)15-9)6-17-5-4-12(2,7-14)8-17/h4-8,14H2,1-3H3. The van der Waals surface area contributed by atoms with E-state index in [4.69, 9.17) is 5.73 Å². The van der Waals surface area contributed by atoms with Crippen LogP contribution >= 0.6 is 15.9 Å². The van der Waals surface area contributed by atoms with Crippen LogP contribution in [-0.2, 0) is 13.6 Å². The highest BCUT2D eigenvalue weighted by molar-refractivity contribution is 9.10.